The van der Waals surface area contributed by atoms with E-state index in [0.29, 0.717) is 5.82 Å². The lowest BCUT2D eigenvalue weighted by Crippen LogP contribution is -2.01. The van der Waals surface area contributed by atoms with E-state index in [9.17, 15) is 0 Å². The number of hydrogen-bond acceptors (Lipinski definition) is 3. The standard InChI is InChI=1S/C63H40N6/c1-3-17-41(18-4-1)55-39-56(66-63(65-55)42-19-5-2-6-20-42)54-33-31-43(40-64-54)44-35-46(68-59-28-14-9-23-50(59)51-24-10-15-29-60(51)68)37-47(36-44)69-61-30-16-11-25-52(61)53-38-45(32-34-62(53)69)67-57-26-12-7-21-48(57)49-22-8-13-27-58(49)67/h1-40H. The Morgan fingerprint density at radius 2 is 0.681 bits per heavy atom. The van der Waals surface area contributed by atoms with Gasteiger partial charge in [0, 0.05) is 72.3 Å². The number of rotatable bonds is 7. The van der Waals surface area contributed by atoms with Crippen molar-refractivity contribution in [1.82, 2.24) is 28.7 Å². The number of pyridine rings is 1. The second-order valence-corrected chi connectivity index (χ2v) is 17.7. The van der Waals surface area contributed by atoms with E-state index in [2.05, 4.69) is 196 Å². The summed E-state index contributed by atoms with van der Waals surface area (Å²) in [6.45, 7) is 0. The molecule has 69 heavy (non-hydrogen) atoms. The zero-order valence-electron chi connectivity index (χ0n) is 37.3. The van der Waals surface area contributed by atoms with Gasteiger partial charge in [0.1, 0.15) is 0 Å². The Balaban J connectivity index is 0.969. The molecular formula is C63H40N6. The molecule has 5 heterocycles. The highest BCUT2D eigenvalue weighted by molar-refractivity contribution is 6.13. The highest BCUT2D eigenvalue weighted by atomic mass is 15.0. The third-order valence-corrected chi connectivity index (χ3v) is 13.7. The summed E-state index contributed by atoms with van der Waals surface area (Å²) < 4.78 is 7.24. The topological polar surface area (TPSA) is 53.5 Å². The summed E-state index contributed by atoms with van der Waals surface area (Å²) >= 11 is 0. The minimum Gasteiger partial charge on any atom is -0.309 e. The maximum Gasteiger partial charge on any atom is 0.160 e. The van der Waals surface area contributed by atoms with Gasteiger partial charge in [-0.15, -0.1) is 0 Å². The average molecular weight is 881 g/mol. The minimum absolute atomic E-state index is 0.662. The maximum absolute atomic E-state index is 5.15. The molecule has 0 spiro atoms. The van der Waals surface area contributed by atoms with Crippen molar-refractivity contribution in [2.75, 3.05) is 0 Å². The fourth-order valence-electron chi connectivity index (χ4n) is 10.6. The van der Waals surface area contributed by atoms with E-state index < -0.39 is 0 Å². The molecule has 0 atom stereocenters. The van der Waals surface area contributed by atoms with Gasteiger partial charge in [-0.25, -0.2) is 9.97 Å². The van der Waals surface area contributed by atoms with Crippen LogP contribution >= 0.6 is 0 Å². The molecule has 0 unspecified atom stereocenters. The third-order valence-electron chi connectivity index (χ3n) is 13.7. The van der Waals surface area contributed by atoms with Crippen LogP contribution in [0.4, 0.5) is 0 Å². The van der Waals surface area contributed by atoms with E-state index in [1.54, 1.807) is 0 Å². The van der Waals surface area contributed by atoms with E-state index >= 15 is 0 Å². The van der Waals surface area contributed by atoms with Crippen LogP contribution in [-0.4, -0.2) is 28.7 Å². The normalized spacial score (nSPS) is 11.8. The molecule has 6 nitrogen and oxygen atoms in total. The molecule has 0 N–H and O–H groups in total. The molecule has 5 aromatic heterocycles. The molecule has 0 aliphatic carbocycles. The van der Waals surface area contributed by atoms with Crippen molar-refractivity contribution >= 4 is 65.4 Å². The van der Waals surface area contributed by atoms with Crippen LogP contribution in [0.1, 0.15) is 0 Å². The van der Waals surface area contributed by atoms with Gasteiger partial charge in [0.25, 0.3) is 0 Å². The van der Waals surface area contributed by atoms with Crippen molar-refractivity contribution in [3.63, 3.8) is 0 Å². The highest BCUT2D eigenvalue weighted by Gasteiger charge is 2.20. The molecule has 0 bridgehead atoms. The predicted molar refractivity (Wildman–Crippen MR) is 285 cm³/mol. The largest absolute Gasteiger partial charge is 0.309 e. The molecular weight excluding hydrogens is 841 g/mol. The van der Waals surface area contributed by atoms with Crippen LogP contribution in [0.25, 0.3) is 128 Å². The van der Waals surface area contributed by atoms with E-state index in [1.165, 1.54) is 43.4 Å². The van der Waals surface area contributed by atoms with E-state index in [1.807, 2.05) is 60.8 Å². The molecule has 0 aliphatic heterocycles. The second-order valence-electron chi connectivity index (χ2n) is 17.7. The molecule has 0 saturated heterocycles. The molecule has 9 aromatic carbocycles. The van der Waals surface area contributed by atoms with Crippen LogP contribution in [0.15, 0.2) is 243 Å². The zero-order chi connectivity index (χ0) is 45.4. The number of nitrogens with zero attached hydrogens (tertiary/aromatic N) is 6. The summed E-state index contributed by atoms with van der Waals surface area (Å²) in [5.41, 5.74) is 16.6. The molecule has 0 saturated carbocycles. The van der Waals surface area contributed by atoms with E-state index in [4.69, 9.17) is 15.0 Å². The molecule has 322 valence electrons. The van der Waals surface area contributed by atoms with Crippen LogP contribution in [0.3, 0.4) is 0 Å². The Labute approximate surface area is 397 Å². The average Bonchev–Trinajstić information content (AvgIpc) is 4.07. The molecule has 0 aliphatic rings. The molecule has 6 heteroatoms. The number of fused-ring (bicyclic) bond motifs is 9. The van der Waals surface area contributed by atoms with E-state index in [0.717, 1.165) is 78.5 Å². The van der Waals surface area contributed by atoms with Gasteiger partial charge in [0.2, 0.25) is 0 Å². The van der Waals surface area contributed by atoms with Crippen molar-refractivity contribution in [3.8, 4) is 62.2 Å². The van der Waals surface area contributed by atoms with Crippen molar-refractivity contribution in [2.24, 2.45) is 0 Å². The summed E-state index contributed by atoms with van der Waals surface area (Å²) in [4.78, 5) is 15.2. The summed E-state index contributed by atoms with van der Waals surface area (Å²) in [7, 11) is 0. The number of aromatic nitrogens is 6. The van der Waals surface area contributed by atoms with E-state index in [-0.39, 0.29) is 0 Å². The third kappa shape index (κ3) is 6.30. The monoisotopic (exact) mass is 880 g/mol. The lowest BCUT2D eigenvalue weighted by Gasteiger charge is -2.16. The first-order chi connectivity index (χ1) is 34.2. The summed E-state index contributed by atoms with van der Waals surface area (Å²) in [6.07, 6.45) is 1.99. The first-order valence-corrected chi connectivity index (χ1v) is 23.3. The predicted octanol–water partition coefficient (Wildman–Crippen LogP) is 15.8. The molecule has 0 fully saturated rings. The van der Waals surface area contributed by atoms with Crippen molar-refractivity contribution in [3.05, 3.63) is 243 Å². The molecule has 14 aromatic rings. The number of hydrogen-bond donors (Lipinski definition) is 0. The van der Waals surface area contributed by atoms with Crippen LogP contribution in [-0.2, 0) is 0 Å². The van der Waals surface area contributed by atoms with Gasteiger partial charge < -0.3 is 13.7 Å². The Bertz CT molecular complexity index is 4130. The number of benzene rings is 9. The Morgan fingerprint density at radius 3 is 1.19 bits per heavy atom. The Morgan fingerprint density at radius 1 is 0.246 bits per heavy atom. The van der Waals surface area contributed by atoms with Crippen LogP contribution in [0.2, 0.25) is 0 Å². The van der Waals surface area contributed by atoms with Gasteiger partial charge in [0.15, 0.2) is 5.82 Å². The summed E-state index contributed by atoms with van der Waals surface area (Å²) in [6, 6.07) is 84.3. The van der Waals surface area contributed by atoms with Crippen LogP contribution in [0, 0.1) is 0 Å². The second kappa shape index (κ2) is 15.6. The molecule has 0 amide bonds. The SMILES string of the molecule is c1ccc(-c2cc(-c3ccc(-c4cc(-n5c6ccccc6c6ccccc65)cc(-n5c6ccccc6c6cc(-n7c8ccccc8c8ccccc87)ccc65)c4)cn3)nc(-c3ccccc3)n2)cc1. The van der Waals surface area contributed by atoms with Crippen LogP contribution in [0.5, 0.6) is 0 Å². The molecule has 0 radical (unpaired) electrons. The lowest BCUT2D eigenvalue weighted by molar-refractivity contribution is 1.13. The van der Waals surface area contributed by atoms with Crippen molar-refractivity contribution in [2.45, 2.75) is 0 Å². The maximum atomic E-state index is 5.15. The first kappa shape index (κ1) is 38.8. The summed E-state index contributed by atoms with van der Waals surface area (Å²) in [5, 5.41) is 7.32. The fourth-order valence-corrected chi connectivity index (χ4v) is 10.6. The summed E-state index contributed by atoms with van der Waals surface area (Å²) in [5.74, 6) is 0.662. The Kier molecular flexibility index (Phi) is 8.79. The Hall–Kier alpha value is -9.39. The van der Waals surface area contributed by atoms with Crippen LogP contribution < -0.4 is 0 Å². The highest BCUT2D eigenvalue weighted by Crippen LogP contribution is 2.40. The van der Waals surface area contributed by atoms with Gasteiger partial charge in [-0.05, 0) is 84.4 Å². The minimum atomic E-state index is 0.662. The van der Waals surface area contributed by atoms with Crippen molar-refractivity contribution < 1.29 is 0 Å². The fraction of sp³-hybridized carbons (Fsp3) is 0. The van der Waals surface area contributed by atoms with Gasteiger partial charge in [-0.1, -0.05) is 158 Å². The smallest absolute Gasteiger partial charge is 0.160 e. The molecule has 14 rings (SSSR count). The van der Waals surface area contributed by atoms with Gasteiger partial charge in [-0.2, -0.15) is 0 Å². The quantitative estimate of drug-likeness (QED) is 0.160. The van der Waals surface area contributed by atoms with Gasteiger partial charge in [0.05, 0.1) is 50.2 Å². The van der Waals surface area contributed by atoms with Crippen molar-refractivity contribution in [1.29, 1.82) is 0 Å². The van der Waals surface area contributed by atoms with Gasteiger partial charge in [-0.3, -0.25) is 4.98 Å². The lowest BCUT2D eigenvalue weighted by atomic mass is 10.0. The van der Waals surface area contributed by atoms with Gasteiger partial charge >= 0.3 is 0 Å². The zero-order valence-corrected chi connectivity index (χ0v) is 37.3. The number of para-hydroxylation sites is 5. The first-order valence-electron chi connectivity index (χ1n) is 23.3.